The second kappa shape index (κ2) is 8.74. The van der Waals surface area contributed by atoms with Crippen molar-refractivity contribution in [2.24, 2.45) is 0 Å². The van der Waals surface area contributed by atoms with E-state index < -0.39 is 0 Å². The molecule has 0 aliphatic carbocycles. The molecule has 0 aromatic heterocycles. The molecular formula is C13H22O. The lowest BCUT2D eigenvalue weighted by atomic mass is 10.1. The molecule has 1 nitrogen and oxygen atoms in total. The number of Topliss-reactive ketones (excluding diaryl/α,β-unsaturated/α-hetero) is 1. The first kappa shape index (κ1) is 13.2. The number of rotatable bonds is 7. The van der Waals surface area contributed by atoms with E-state index in [-0.39, 0.29) is 5.78 Å². The summed E-state index contributed by atoms with van der Waals surface area (Å²) in [6.07, 6.45) is 12.3. The molecule has 0 unspecified atom stereocenters. The molecule has 0 heterocycles. The Morgan fingerprint density at radius 2 is 1.86 bits per heavy atom. The minimum Gasteiger partial charge on any atom is -0.295 e. The first-order valence-electron chi connectivity index (χ1n) is 5.52. The molecular weight excluding hydrogens is 172 g/mol. The Morgan fingerprint density at radius 1 is 1.14 bits per heavy atom. The van der Waals surface area contributed by atoms with Crippen LogP contribution >= 0.6 is 0 Å². The zero-order chi connectivity index (χ0) is 10.8. The zero-order valence-electron chi connectivity index (χ0n) is 9.68. The lowest BCUT2D eigenvalue weighted by Gasteiger charge is -1.93. The third-order valence-electron chi connectivity index (χ3n) is 2.26. The third kappa shape index (κ3) is 7.78. The number of carbonyl (C=O) groups is 1. The van der Waals surface area contributed by atoms with Crippen molar-refractivity contribution in [3.8, 4) is 0 Å². The minimum absolute atomic E-state index is 0.153. The first-order chi connectivity index (χ1) is 6.68. The molecule has 0 aliphatic heterocycles. The van der Waals surface area contributed by atoms with Gasteiger partial charge >= 0.3 is 0 Å². The average molecular weight is 194 g/mol. The predicted octanol–water partition coefficient (Wildman–Crippen LogP) is 4.05. The fraction of sp³-hybridized carbons (Fsp3) is 0.615. The number of hydrogen-bond donors (Lipinski definition) is 0. The molecule has 0 aromatic carbocycles. The maximum atomic E-state index is 10.8. The molecule has 1 heteroatoms. The third-order valence-corrected chi connectivity index (χ3v) is 2.26. The Kier molecular flexibility index (Phi) is 8.20. The lowest BCUT2D eigenvalue weighted by molar-refractivity contribution is -0.113. The molecule has 0 aliphatic rings. The molecule has 0 rings (SSSR count). The van der Waals surface area contributed by atoms with Crippen LogP contribution < -0.4 is 0 Å². The summed E-state index contributed by atoms with van der Waals surface area (Å²) in [5, 5.41) is 0. The van der Waals surface area contributed by atoms with Crippen molar-refractivity contribution in [2.45, 2.75) is 52.9 Å². The normalized spacial score (nSPS) is 12.4. The van der Waals surface area contributed by atoms with Crippen LogP contribution in [0.15, 0.2) is 23.8 Å². The van der Waals surface area contributed by atoms with E-state index in [4.69, 9.17) is 0 Å². The summed E-state index contributed by atoms with van der Waals surface area (Å²) in [5.74, 6) is 0.153. The van der Waals surface area contributed by atoms with Gasteiger partial charge in [-0.15, -0.1) is 0 Å². The smallest absolute Gasteiger partial charge is 0.155 e. The molecule has 14 heavy (non-hydrogen) atoms. The summed E-state index contributed by atoms with van der Waals surface area (Å²) in [7, 11) is 0. The van der Waals surface area contributed by atoms with E-state index in [1.54, 1.807) is 6.92 Å². The van der Waals surface area contributed by atoms with E-state index in [2.05, 4.69) is 13.0 Å². The quantitative estimate of drug-likeness (QED) is 0.339. The minimum atomic E-state index is 0.153. The molecule has 80 valence electrons. The highest BCUT2D eigenvalue weighted by atomic mass is 16.1. The van der Waals surface area contributed by atoms with Gasteiger partial charge in [-0.3, -0.25) is 4.79 Å². The van der Waals surface area contributed by atoms with Gasteiger partial charge in [-0.2, -0.15) is 0 Å². The lowest BCUT2D eigenvalue weighted by Crippen LogP contribution is -1.89. The van der Waals surface area contributed by atoms with Gasteiger partial charge in [-0.25, -0.2) is 0 Å². The molecule has 0 N–H and O–H groups in total. The predicted molar refractivity (Wildman–Crippen MR) is 62.3 cm³/mol. The fourth-order valence-corrected chi connectivity index (χ4v) is 1.11. The highest BCUT2D eigenvalue weighted by molar-refractivity contribution is 5.92. The zero-order valence-corrected chi connectivity index (χ0v) is 9.68. The van der Waals surface area contributed by atoms with Gasteiger partial charge in [-0.1, -0.05) is 44.4 Å². The number of allylic oxidation sites excluding steroid dienone is 4. The van der Waals surface area contributed by atoms with E-state index >= 15 is 0 Å². The van der Waals surface area contributed by atoms with Crippen molar-refractivity contribution >= 4 is 5.78 Å². The molecule has 0 fully saturated rings. The molecule has 0 aromatic rings. The van der Waals surface area contributed by atoms with Crippen molar-refractivity contribution in [1.29, 1.82) is 0 Å². The standard InChI is InChI=1S/C13H22O/c1-4-5-6-7-8-9-10-11-12(2)13(3)14/h9-11H,4-8H2,1-3H3. The van der Waals surface area contributed by atoms with Crippen LogP contribution in [-0.4, -0.2) is 5.78 Å². The van der Waals surface area contributed by atoms with Gasteiger partial charge in [0.25, 0.3) is 0 Å². The SMILES string of the molecule is CCCCCCC=CC=C(C)C(C)=O. The summed E-state index contributed by atoms with van der Waals surface area (Å²) in [6, 6.07) is 0. The van der Waals surface area contributed by atoms with Crippen LogP contribution in [0.4, 0.5) is 0 Å². The van der Waals surface area contributed by atoms with Gasteiger partial charge in [0.15, 0.2) is 5.78 Å². The molecule has 0 bridgehead atoms. The summed E-state index contributed by atoms with van der Waals surface area (Å²) < 4.78 is 0. The Balaban J connectivity index is 3.53. The maximum Gasteiger partial charge on any atom is 0.155 e. The maximum absolute atomic E-state index is 10.8. The van der Waals surface area contributed by atoms with Crippen LogP contribution in [0.2, 0.25) is 0 Å². The summed E-state index contributed by atoms with van der Waals surface area (Å²) >= 11 is 0. The highest BCUT2D eigenvalue weighted by Gasteiger charge is 1.91. The average Bonchev–Trinajstić information content (AvgIpc) is 2.16. The van der Waals surface area contributed by atoms with Crippen molar-refractivity contribution in [3.05, 3.63) is 23.8 Å². The van der Waals surface area contributed by atoms with E-state index in [1.165, 1.54) is 25.7 Å². The van der Waals surface area contributed by atoms with Crippen LogP contribution in [0.25, 0.3) is 0 Å². The summed E-state index contributed by atoms with van der Waals surface area (Å²) in [6.45, 7) is 5.67. The van der Waals surface area contributed by atoms with E-state index in [0.29, 0.717) is 0 Å². The largest absolute Gasteiger partial charge is 0.295 e. The van der Waals surface area contributed by atoms with Crippen LogP contribution in [0.3, 0.4) is 0 Å². The van der Waals surface area contributed by atoms with Crippen molar-refractivity contribution in [2.75, 3.05) is 0 Å². The van der Waals surface area contributed by atoms with Crippen molar-refractivity contribution < 1.29 is 4.79 Å². The molecule has 0 radical (unpaired) electrons. The van der Waals surface area contributed by atoms with E-state index in [0.717, 1.165) is 12.0 Å². The molecule has 0 spiro atoms. The van der Waals surface area contributed by atoms with Gasteiger partial charge in [0.2, 0.25) is 0 Å². The number of ketones is 1. The molecule has 0 atom stereocenters. The van der Waals surface area contributed by atoms with Gasteiger partial charge < -0.3 is 0 Å². The number of unbranched alkanes of at least 4 members (excludes halogenated alkanes) is 4. The first-order valence-corrected chi connectivity index (χ1v) is 5.52. The van der Waals surface area contributed by atoms with E-state index in [1.807, 2.05) is 19.1 Å². The number of hydrogen-bond acceptors (Lipinski definition) is 1. The summed E-state index contributed by atoms with van der Waals surface area (Å²) in [4.78, 5) is 10.8. The second-order valence-corrected chi connectivity index (χ2v) is 3.68. The molecule has 0 saturated carbocycles. The Bertz CT molecular complexity index is 211. The highest BCUT2D eigenvalue weighted by Crippen LogP contribution is 2.03. The monoisotopic (exact) mass is 194 g/mol. The van der Waals surface area contributed by atoms with Gasteiger partial charge in [0.05, 0.1) is 0 Å². The Hall–Kier alpha value is -0.850. The van der Waals surface area contributed by atoms with Crippen molar-refractivity contribution in [1.82, 2.24) is 0 Å². The van der Waals surface area contributed by atoms with Gasteiger partial charge in [-0.05, 0) is 32.3 Å². The second-order valence-electron chi connectivity index (χ2n) is 3.68. The van der Waals surface area contributed by atoms with Crippen LogP contribution in [0.5, 0.6) is 0 Å². The number of carbonyl (C=O) groups excluding carboxylic acids is 1. The van der Waals surface area contributed by atoms with Gasteiger partial charge in [0.1, 0.15) is 0 Å². The van der Waals surface area contributed by atoms with Crippen LogP contribution in [-0.2, 0) is 4.79 Å². The van der Waals surface area contributed by atoms with Gasteiger partial charge in [0, 0.05) is 0 Å². The van der Waals surface area contributed by atoms with E-state index in [9.17, 15) is 4.79 Å². The fourth-order valence-electron chi connectivity index (χ4n) is 1.11. The van der Waals surface area contributed by atoms with Crippen molar-refractivity contribution in [3.63, 3.8) is 0 Å². The molecule has 0 saturated heterocycles. The van der Waals surface area contributed by atoms with Crippen LogP contribution in [0.1, 0.15) is 52.9 Å². The Morgan fingerprint density at radius 3 is 2.43 bits per heavy atom. The van der Waals surface area contributed by atoms with Crippen LogP contribution in [0, 0.1) is 0 Å². The molecule has 0 amide bonds. The summed E-state index contributed by atoms with van der Waals surface area (Å²) in [5.41, 5.74) is 0.829. The Labute approximate surface area is 87.9 Å². The topological polar surface area (TPSA) is 17.1 Å².